The number of aldehydes is 2. The van der Waals surface area contributed by atoms with E-state index in [9.17, 15) is 59.7 Å². The Morgan fingerprint density at radius 1 is 0.738 bits per heavy atom. The highest BCUT2D eigenvalue weighted by Crippen LogP contribution is 2.40. The highest BCUT2D eigenvalue weighted by molar-refractivity contribution is 5.79. The van der Waals surface area contributed by atoms with Gasteiger partial charge >= 0.3 is 17.9 Å². The smallest absolute Gasteiger partial charge is 0.336 e. The van der Waals surface area contributed by atoms with Gasteiger partial charge in [0.15, 0.2) is 37.0 Å². The minimum atomic E-state index is -2.41. The van der Waals surface area contributed by atoms with Crippen LogP contribution in [0.15, 0.2) is 0 Å². The summed E-state index contributed by atoms with van der Waals surface area (Å²) in [5.41, 5.74) is -1.77. The lowest BCUT2D eigenvalue weighted by Gasteiger charge is -2.48. The highest BCUT2D eigenvalue weighted by Gasteiger charge is 2.56. The molecule has 0 spiro atoms. The second kappa shape index (κ2) is 13.4. The molecule has 16 nitrogen and oxygen atoms in total. The van der Waals surface area contributed by atoms with E-state index in [1.54, 1.807) is 41.5 Å². The predicted octanol–water partition coefficient (Wildman–Crippen LogP) is -1.96. The third-order valence-corrected chi connectivity index (χ3v) is 7.43. The molecule has 240 valence electrons. The third-order valence-electron chi connectivity index (χ3n) is 7.43. The number of carbonyl (C=O) groups is 5. The highest BCUT2D eigenvalue weighted by atomic mass is 16.7. The average Bonchev–Trinajstić information content (AvgIpc) is 2.85. The second-order valence-electron chi connectivity index (χ2n) is 12.6. The van der Waals surface area contributed by atoms with Crippen molar-refractivity contribution in [3.8, 4) is 0 Å². The molecule has 0 aliphatic carbocycles. The van der Waals surface area contributed by atoms with Crippen molar-refractivity contribution < 1.29 is 78.7 Å². The molecule has 2 aliphatic heterocycles. The summed E-state index contributed by atoms with van der Waals surface area (Å²) in [5.74, 6) is -8.13. The Bertz CT molecular complexity index is 1000. The maximum Gasteiger partial charge on any atom is 0.336 e. The largest absolute Gasteiger partial charge is 0.479 e. The van der Waals surface area contributed by atoms with Crippen molar-refractivity contribution in [2.24, 2.45) is 22.7 Å². The molecule has 2 heterocycles. The first-order chi connectivity index (χ1) is 19.2. The van der Waals surface area contributed by atoms with E-state index in [1.165, 1.54) is 0 Å². The summed E-state index contributed by atoms with van der Waals surface area (Å²) >= 11 is 0. The minimum Gasteiger partial charge on any atom is -0.479 e. The van der Waals surface area contributed by atoms with E-state index in [1.807, 2.05) is 0 Å². The summed E-state index contributed by atoms with van der Waals surface area (Å²) in [5, 5.41) is 72.0. The molecule has 16 heteroatoms. The fraction of sp³-hybridized carbons (Fsp3) is 0.808. The van der Waals surface area contributed by atoms with Gasteiger partial charge in [-0.2, -0.15) is 0 Å². The Balaban J connectivity index is 2.38. The Morgan fingerprint density at radius 2 is 1.29 bits per heavy atom. The van der Waals surface area contributed by atoms with E-state index in [-0.39, 0.29) is 12.6 Å². The van der Waals surface area contributed by atoms with Crippen LogP contribution in [0.25, 0.3) is 0 Å². The van der Waals surface area contributed by atoms with Crippen molar-refractivity contribution >= 4 is 30.5 Å². The number of aliphatic hydroxyl groups is 4. The van der Waals surface area contributed by atoms with E-state index >= 15 is 0 Å². The first-order valence-electron chi connectivity index (χ1n) is 13.1. The van der Waals surface area contributed by atoms with E-state index < -0.39 is 108 Å². The molecule has 2 saturated heterocycles. The minimum absolute atomic E-state index is 0.0424. The van der Waals surface area contributed by atoms with Gasteiger partial charge in [0, 0.05) is 5.92 Å². The molecular formula is C26H40O16. The van der Waals surface area contributed by atoms with Gasteiger partial charge in [0.25, 0.3) is 0 Å². The molecule has 0 amide bonds. The number of hydrogen-bond donors (Lipinski definition) is 7. The summed E-state index contributed by atoms with van der Waals surface area (Å²) < 4.78 is 21.4. The summed E-state index contributed by atoms with van der Waals surface area (Å²) in [6, 6.07) is 0. The van der Waals surface area contributed by atoms with Crippen molar-refractivity contribution in [3.63, 3.8) is 0 Å². The summed E-state index contributed by atoms with van der Waals surface area (Å²) in [4.78, 5) is 60.1. The molecule has 2 aliphatic rings. The van der Waals surface area contributed by atoms with Gasteiger partial charge < -0.3 is 64.3 Å². The van der Waals surface area contributed by atoms with Gasteiger partial charge in [-0.1, -0.05) is 41.5 Å². The van der Waals surface area contributed by atoms with E-state index in [0.717, 1.165) is 0 Å². The van der Waals surface area contributed by atoms with E-state index in [2.05, 4.69) is 0 Å². The first-order valence-corrected chi connectivity index (χ1v) is 13.1. The maximum absolute atomic E-state index is 12.1. The van der Waals surface area contributed by atoms with Crippen LogP contribution in [0.1, 0.15) is 41.5 Å². The van der Waals surface area contributed by atoms with Crippen LogP contribution in [0.5, 0.6) is 0 Å². The number of hydrogen-bond acceptors (Lipinski definition) is 13. The van der Waals surface area contributed by atoms with E-state index in [0.29, 0.717) is 0 Å². The number of aliphatic carboxylic acids is 3. The number of carboxylic acid groups (broad SMARTS) is 3. The van der Waals surface area contributed by atoms with Gasteiger partial charge in [-0.15, -0.1) is 0 Å². The Kier molecular flexibility index (Phi) is 11.4. The second-order valence-corrected chi connectivity index (χ2v) is 12.6. The van der Waals surface area contributed by atoms with Gasteiger partial charge in [-0.05, 0) is 10.8 Å². The number of carboxylic acids is 3. The fourth-order valence-corrected chi connectivity index (χ4v) is 5.36. The van der Waals surface area contributed by atoms with Gasteiger partial charge in [0.1, 0.15) is 24.6 Å². The van der Waals surface area contributed by atoms with Gasteiger partial charge in [-0.25, -0.2) is 14.4 Å². The van der Waals surface area contributed by atoms with Crippen LogP contribution >= 0.6 is 0 Å². The topological polar surface area (TPSA) is 264 Å². The van der Waals surface area contributed by atoms with Gasteiger partial charge in [-0.3, -0.25) is 0 Å². The molecule has 2 fully saturated rings. The number of ether oxygens (including phenoxy) is 4. The summed E-state index contributed by atoms with van der Waals surface area (Å²) in [7, 11) is 0. The Labute approximate surface area is 241 Å². The van der Waals surface area contributed by atoms with Crippen molar-refractivity contribution in [1.29, 1.82) is 0 Å². The molecule has 7 unspecified atom stereocenters. The maximum atomic E-state index is 12.1. The number of aliphatic hydroxyl groups excluding tert-OH is 4. The molecule has 2 rings (SSSR count). The van der Waals surface area contributed by atoms with Crippen molar-refractivity contribution in [1.82, 2.24) is 0 Å². The third kappa shape index (κ3) is 7.49. The lowest BCUT2D eigenvalue weighted by atomic mass is 9.71. The van der Waals surface area contributed by atoms with Crippen LogP contribution in [0, 0.1) is 22.7 Å². The van der Waals surface area contributed by atoms with Crippen LogP contribution < -0.4 is 0 Å². The van der Waals surface area contributed by atoms with E-state index in [4.69, 9.17) is 18.9 Å². The molecule has 0 aromatic carbocycles. The molecular weight excluding hydrogens is 568 g/mol. The van der Waals surface area contributed by atoms with Crippen LogP contribution in [-0.4, -0.2) is 134 Å². The molecule has 0 bridgehead atoms. The molecule has 13 atom stereocenters. The standard InChI is InChI=1S/C26H40O16/c1-25(2,3)12-14(30)16(32)24(42-19(12)23(37)38)40-10(8-28)17(21(33)34)39-9(7-27)11-13(29)15(31)20(26(4,5)6)41-18(11)22(35)36/h7-20,24,29-32H,1-6H3,(H,33,34)(H,35,36)(H,37,38)/t9?,10?,11-,12-,13?,14?,15+,16+,17?,18?,19?,20-,24-/m0/s1. The van der Waals surface area contributed by atoms with Crippen LogP contribution in [0.4, 0.5) is 0 Å². The normalized spacial score (nSPS) is 36.3. The summed E-state index contributed by atoms with van der Waals surface area (Å²) in [6.07, 6.45) is -21.3. The van der Waals surface area contributed by atoms with Crippen LogP contribution in [-0.2, 0) is 42.9 Å². The van der Waals surface area contributed by atoms with Gasteiger partial charge in [0.05, 0.1) is 24.2 Å². The van der Waals surface area contributed by atoms with Crippen molar-refractivity contribution in [3.05, 3.63) is 0 Å². The lowest BCUT2D eigenvalue weighted by Crippen LogP contribution is -2.64. The molecule has 0 aromatic rings. The number of carbonyl (C=O) groups excluding carboxylic acids is 2. The molecule has 0 aromatic heterocycles. The Hall–Kier alpha value is -2.57. The fourth-order valence-electron chi connectivity index (χ4n) is 5.36. The zero-order valence-electron chi connectivity index (χ0n) is 24.0. The quantitative estimate of drug-likeness (QED) is 0.125. The number of rotatable bonds is 11. The molecule has 0 saturated carbocycles. The predicted molar refractivity (Wildman–Crippen MR) is 136 cm³/mol. The zero-order valence-corrected chi connectivity index (χ0v) is 24.0. The lowest BCUT2D eigenvalue weighted by molar-refractivity contribution is -0.308. The van der Waals surface area contributed by atoms with Gasteiger partial charge in [0.2, 0.25) is 0 Å². The molecule has 0 radical (unpaired) electrons. The SMILES string of the molecule is CC(C)(C)[C@@H]1C(C(=O)O)O[C@H](OC(C=O)C(OC(C=O)[C@@H]2C(C(=O)O)O[C@H](C(C)(C)C)[C@H](O)C2O)C(=O)O)[C@H](O)C1O. The first kappa shape index (κ1) is 35.6. The van der Waals surface area contributed by atoms with Crippen molar-refractivity contribution in [2.45, 2.75) is 109 Å². The average molecular weight is 609 g/mol. The van der Waals surface area contributed by atoms with Crippen LogP contribution in [0.3, 0.4) is 0 Å². The Morgan fingerprint density at radius 3 is 1.69 bits per heavy atom. The monoisotopic (exact) mass is 608 g/mol. The molecule has 42 heavy (non-hydrogen) atoms. The van der Waals surface area contributed by atoms with Crippen molar-refractivity contribution in [2.75, 3.05) is 0 Å². The van der Waals surface area contributed by atoms with Crippen LogP contribution in [0.2, 0.25) is 0 Å². The summed E-state index contributed by atoms with van der Waals surface area (Å²) in [6.45, 7) is 9.57. The molecule has 7 N–H and O–H groups in total. The zero-order chi connectivity index (χ0) is 32.5.